The van der Waals surface area contributed by atoms with Crippen molar-refractivity contribution in [1.29, 1.82) is 0 Å². The number of hydrogen-bond acceptors (Lipinski definition) is 5. The molecule has 0 radical (unpaired) electrons. The summed E-state index contributed by atoms with van der Waals surface area (Å²) in [7, 11) is 1.31. The molecule has 1 aromatic carbocycles. The van der Waals surface area contributed by atoms with Gasteiger partial charge in [0.05, 0.1) is 30.9 Å². The average Bonchev–Trinajstić information content (AvgIpc) is 2.53. The Morgan fingerprint density at radius 2 is 1.96 bits per heavy atom. The van der Waals surface area contributed by atoms with E-state index in [0.29, 0.717) is 27.5 Å². The molecule has 0 amide bonds. The third kappa shape index (κ3) is 3.50. The molecule has 1 atom stereocenters. The van der Waals surface area contributed by atoms with Gasteiger partial charge in [0, 0.05) is 5.70 Å². The number of ether oxygens (including phenoxy) is 2. The first kappa shape index (κ1) is 17.0. The quantitative estimate of drug-likeness (QED) is 0.642. The highest BCUT2D eigenvalue weighted by Gasteiger charge is 2.33. The normalized spacial score (nSPS) is 17.2. The molecule has 6 nitrogen and oxygen atoms in total. The Hall–Kier alpha value is -2.41. The van der Waals surface area contributed by atoms with Crippen LogP contribution in [0.1, 0.15) is 35.8 Å². The first-order valence-corrected chi connectivity index (χ1v) is 7.53. The van der Waals surface area contributed by atoms with Crippen LogP contribution in [0.2, 0.25) is 0 Å². The predicted molar refractivity (Wildman–Crippen MR) is 88.7 cm³/mol. The van der Waals surface area contributed by atoms with Crippen molar-refractivity contribution in [3.05, 3.63) is 46.7 Å². The van der Waals surface area contributed by atoms with E-state index in [0.717, 1.165) is 0 Å². The summed E-state index contributed by atoms with van der Waals surface area (Å²) >= 11 is 5.18. The fraction of sp³-hybridized carbons (Fsp3) is 0.312. The molecule has 0 unspecified atom stereocenters. The Morgan fingerprint density at radius 1 is 1.26 bits per heavy atom. The lowest BCUT2D eigenvalue weighted by atomic mass is 9.92. The minimum absolute atomic E-state index is 0.255. The van der Waals surface area contributed by atoms with Gasteiger partial charge in [-0.15, -0.1) is 0 Å². The Bertz CT molecular complexity index is 684. The van der Waals surface area contributed by atoms with Crippen molar-refractivity contribution in [2.75, 3.05) is 13.7 Å². The summed E-state index contributed by atoms with van der Waals surface area (Å²) in [4.78, 5) is 24.3. The van der Waals surface area contributed by atoms with Crippen LogP contribution < -0.4 is 10.6 Å². The largest absolute Gasteiger partial charge is 0.465 e. The van der Waals surface area contributed by atoms with Crippen LogP contribution in [0.3, 0.4) is 0 Å². The van der Waals surface area contributed by atoms with Gasteiger partial charge < -0.3 is 20.1 Å². The van der Waals surface area contributed by atoms with E-state index < -0.39 is 18.0 Å². The molecule has 23 heavy (non-hydrogen) atoms. The van der Waals surface area contributed by atoms with E-state index in [2.05, 4.69) is 10.6 Å². The van der Waals surface area contributed by atoms with Gasteiger partial charge in [-0.25, -0.2) is 9.59 Å². The van der Waals surface area contributed by atoms with Gasteiger partial charge >= 0.3 is 11.9 Å². The molecule has 0 aliphatic carbocycles. The number of allylic oxidation sites excluding steroid dienone is 1. The van der Waals surface area contributed by atoms with E-state index in [1.54, 1.807) is 38.1 Å². The van der Waals surface area contributed by atoms with Crippen LogP contribution in [0.15, 0.2) is 35.5 Å². The number of benzene rings is 1. The zero-order valence-corrected chi connectivity index (χ0v) is 14.0. The fourth-order valence-electron chi connectivity index (χ4n) is 2.45. The Morgan fingerprint density at radius 3 is 2.61 bits per heavy atom. The second kappa shape index (κ2) is 7.23. The maximum Gasteiger partial charge on any atom is 0.338 e. The maximum atomic E-state index is 12.3. The molecule has 7 heteroatoms. The highest BCUT2D eigenvalue weighted by atomic mass is 32.1. The van der Waals surface area contributed by atoms with E-state index in [4.69, 9.17) is 21.7 Å². The summed E-state index contributed by atoms with van der Waals surface area (Å²) in [5.74, 6) is -0.940. The van der Waals surface area contributed by atoms with Crippen molar-refractivity contribution < 1.29 is 19.1 Å². The van der Waals surface area contributed by atoms with Crippen LogP contribution in [-0.4, -0.2) is 30.8 Å². The molecule has 1 aromatic rings. The second-order valence-electron chi connectivity index (χ2n) is 4.87. The lowest BCUT2D eigenvalue weighted by Crippen LogP contribution is -2.45. The maximum absolute atomic E-state index is 12.3. The van der Waals surface area contributed by atoms with Gasteiger partial charge in [-0.05, 0) is 37.7 Å². The monoisotopic (exact) mass is 334 g/mol. The van der Waals surface area contributed by atoms with Crippen molar-refractivity contribution in [2.45, 2.75) is 19.9 Å². The van der Waals surface area contributed by atoms with E-state index in [-0.39, 0.29) is 6.61 Å². The summed E-state index contributed by atoms with van der Waals surface area (Å²) in [5.41, 5.74) is 1.95. The van der Waals surface area contributed by atoms with Crippen LogP contribution >= 0.6 is 12.2 Å². The number of hydrogen-bond donors (Lipinski definition) is 2. The summed E-state index contributed by atoms with van der Waals surface area (Å²) in [6.45, 7) is 3.73. The highest BCUT2D eigenvalue weighted by Crippen LogP contribution is 2.30. The minimum atomic E-state index is -0.585. The fourth-order valence-corrected chi connectivity index (χ4v) is 2.72. The summed E-state index contributed by atoms with van der Waals surface area (Å²) in [5, 5.41) is 6.31. The average molecular weight is 334 g/mol. The number of methoxy groups -OCH3 is 1. The second-order valence-corrected chi connectivity index (χ2v) is 5.28. The summed E-state index contributed by atoms with van der Waals surface area (Å²) < 4.78 is 9.95. The van der Waals surface area contributed by atoms with Crippen molar-refractivity contribution in [3.63, 3.8) is 0 Å². The molecule has 0 saturated carbocycles. The topological polar surface area (TPSA) is 76.7 Å². The number of esters is 2. The van der Waals surface area contributed by atoms with Crippen molar-refractivity contribution >= 4 is 29.3 Å². The smallest absolute Gasteiger partial charge is 0.338 e. The van der Waals surface area contributed by atoms with Gasteiger partial charge in [0.1, 0.15) is 0 Å². The number of nitrogens with one attached hydrogen (secondary N) is 2. The standard InChI is InChI=1S/C16H18N2O4S/c1-4-22-15(20)12-9(2)17-16(23)18-13(12)10-7-5-6-8-11(10)14(19)21-3/h5-8,13H,4H2,1-3H3,(H2,17,18,23)/t13-/m1/s1. The van der Waals surface area contributed by atoms with Gasteiger partial charge in [-0.3, -0.25) is 0 Å². The molecule has 122 valence electrons. The number of carbonyl (C=O) groups excluding carboxylic acids is 2. The Balaban J connectivity index is 2.55. The number of thiocarbonyl (C=S) groups is 1. The SMILES string of the molecule is CCOC(=O)C1=C(C)NC(=S)N[C@@H]1c1ccccc1C(=O)OC. The van der Waals surface area contributed by atoms with Crippen molar-refractivity contribution in [3.8, 4) is 0 Å². The van der Waals surface area contributed by atoms with Crippen molar-refractivity contribution in [2.24, 2.45) is 0 Å². The zero-order valence-electron chi connectivity index (χ0n) is 13.1. The lowest BCUT2D eigenvalue weighted by Gasteiger charge is -2.30. The van der Waals surface area contributed by atoms with Crippen molar-refractivity contribution in [1.82, 2.24) is 10.6 Å². The van der Waals surface area contributed by atoms with Crippen LogP contribution in [0.25, 0.3) is 0 Å². The first-order valence-electron chi connectivity index (χ1n) is 7.12. The summed E-state index contributed by atoms with van der Waals surface area (Å²) in [6, 6.07) is 6.33. The molecule has 2 N–H and O–H groups in total. The van der Waals surface area contributed by atoms with Gasteiger partial charge in [0.2, 0.25) is 0 Å². The van der Waals surface area contributed by atoms with Crippen LogP contribution in [0.4, 0.5) is 0 Å². The molecular formula is C16H18N2O4S. The van der Waals surface area contributed by atoms with Crippen LogP contribution in [0.5, 0.6) is 0 Å². The molecule has 0 bridgehead atoms. The van der Waals surface area contributed by atoms with Gasteiger partial charge in [0.15, 0.2) is 5.11 Å². The van der Waals surface area contributed by atoms with Gasteiger partial charge in [-0.2, -0.15) is 0 Å². The molecule has 0 aromatic heterocycles. The molecule has 0 spiro atoms. The molecule has 1 aliphatic heterocycles. The number of rotatable bonds is 4. The molecule has 2 rings (SSSR count). The molecule has 0 fully saturated rings. The minimum Gasteiger partial charge on any atom is -0.465 e. The predicted octanol–water partition coefficient (Wildman–Crippen LogP) is 1.83. The number of carbonyl (C=O) groups is 2. The third-order valence-electron chi connectivity index (χ3n) is 3.44. The molecule has 1 heterocycles. The van der Waals surface area contributed by atoms with Gasteiger partial charge in [0.25, 0.3) is 0 Å². The third-order valence-corrected chi connectivity index (χ3v) is 3.66. The Labute approximate surface area is 139 Å². The van der Waals surface area contributed by atoms with Crippen LogP contribution in [-0.2, 0) is 14.3 Å². The Kier molecular flexibility index (Phi) is 5.33. The molecule has 1 aliphatic rings. The van der Waals surface area contributed by atoms with E-state index in [1.165, 1.54) is 7.11 Å². The zero-order chi connectivity index (χ0) is 17.0. The van der Waals surface area contributed by atoms with E-state index in [9.17, 15) is 9.59 Å². The summed E-state index contributed by atoms with van der Waals surface area (Å²) in [6.07, 6.45) is 0. The van der Waals surface area contributed by atoms with Gasteiger partial charge in [-0.1, -0.05) is 18.2 Å². The lowest BCUT2D eigenvalue weighted by molar-refractivity contribution is -0.139. The first-order chi connectivity index (χ1) is 11.0. The van der Waals surface area contributed by atoms with Crippen LogP contribution in [0, 0.1) is 0 Å². The van der Waals surface area contributed by atoms with E-state index in [1.807, 2.05) is 0 Å². The molecule has 0 saturated heterocycles. The van der Waals surface area contributed by atoms with E-state index >= 15 is 0 Å². The highest BCUT2D eigenvalue weighted by molar-refractivity contribution is 7.80. The molecular weight excluding hydrogens is 316 g/mol.